The van der Waals surface area contributed by atoms with Gasteiger partial charge in [-0.25, -0.2) is 0 Å². The topological polar surface area (TPSA) is 66.8 Å². The highest BCUT2D eigenvalue weighted by Crippen LogP contribution is 2.45. The van der Waals surface area contributed by atoms with Crippen LogP contribution in [0.1, 0.15) is 63.0 Å². The van der Waals surface area contributed by atoms with Gasteiger partial charge in [-0.2, -0.15) is 0 Å². The molecule has 5 heteroatoms. The van der Waals surface area contributed by atoms with Gasteiger partial charge in [0.15, 0.2) is 0 Å². The first-order valence-electron chi connectivity index (χ1n) is 10.1. The zero-order valence-corrected chi connectivity index (χ0v) is 17.9. The Hall–Kier alpha value is -1.36. The van der Waals surface area contributed by atoms with Crippen molar-refractivity contribution in [1.82, 2.24) is 0 Å². The number of aliphatic hydroxyl groups is 2. The Morgan fingerprint density at radius 2 is 1.96 bits per heavy atom. The smallest absolute Gasteiger partial charge is 0.305 e. The third-order valence-electron chi connectivity index (χ3n) is 5.83. The molecule has 0 aliphatic heterocycles. The first kappa shape index (κ1) is 22.9. The van der Waals surface area contributed by atoms with Crippen molar-refractivity contribution in [3.63, 3.8) is 0 Å². The maximum Gasteiger partial charge on any atom is 0.305 e. The summed E-state index contributed by atoms with van der Waals surface area (Å²) in [4.78, 5) is 11.1. The molecule has 4 atom stereocenters. The quantitative estimate of drug-likeness (QED) is 0.276. The highest BCUT2D eigenvalue weighted by atomic mass is 35.5. The molecule has 1 fully saturated rings. The minimum absolute atomic E-state index is 0.00788. The minimum atomic E-state index is -0.447. The highest BCUT2D eigenvalue weighted by molar-refractivity contribution is 6.21. The molecule has 2 N–H and O–H groups in total. The zero-order valence-electron chi connectivity index (χ0n) is 17.1. The Morgan fingerprint density at radius 1 is 1.29 bits per heavy atom. The van der Waals surface area contributed by atoms with Crippen molar-refractivity contribution in [3.8, 4) is 0 Å². The molecule has 28 heavy (non-hydrogen) atoms. The van der Waals surface area contributed by atoms with Crippen molar-refractivity contribution in [2.45, 2.75) is 68.8 Å². The van der Waals surface area contributed by atoms with Crippen LogP contribution in [0.2, 0.25) is 0 Å². The Bertz CT molecular complexity index is 653. The summed E-state index contributed by atoms with van der Waals surface area (Å²) in [6.45, 7) is 4.11. The molecule has 1 aromatic carbocycles. The van der Waals surface area contributed by atoms with Gasteiger partial charge in [0, 0.05) is 23.1 Å². The van der Waals surface area contributed by atoms with E-state index in [1.807, 2.05) is 26.0 Å². The van der Waals surface area contributed by atoms with Crippen LogP contribution in [0, 0.1) is 5.92 Å². The third-order valence-corrected chi connectivity index (χ3v) is 6.34. The number of unbranched alkanes of at least 4 members (excludes halogenated alkanes) is 1. The molecule has 0 radical (unpaired) electrons. The molecule has 0 amide bonds. The van der Waals surface area contributed by atoms with E-state index in [0.29, 0.717) is 12.8 Å². The molecule has 0 unspecified atom stereocenters. The van der Waals surface area contributed by atoms with E-state index in [-0.39, 0.29) is 35.2 Å². The Balaban J connectivity index is 2.00. The number of carbonyl (C=O) groups excluding carboxylic acids is 1. The van der Waals surface area contributed by atoms with Crippen LogP contribution in [0.3, 0.4) is 0 Å². The van der Waals surface area contributed by atoms with Gasteiger partial charge in [0.05, 0.1) is 19.8 Å². The molecule has 156 valence electrons. The molecule has 0 heterocycles. The molecule has 2 rings (SSSR count). The first-order valence-corrected chi connectivity index (χ1v) is 10.5. The summed E-state index contributed by atoms with van der Waals surface area (Å²) in [6, 6.07) is 8.20. The molecule has 1 aliphatic carbocycles. The normalized spacial score (nSPS) is 25.4. The second-order valence-electron chi connectivity index (χ2n) is 8.35. The molecule has 0 saturated heterocycles. The minimum Gasteiger partial charge on any atom is -0.469 e. The fourth-order valence-electron chi connectivity index (χ4n) is 3.91. The predicted octanol–water partition coefficient (Wildman–Crippen LogP) is 4.32. The van der Waals surface area contributed by atoms with E-state index in [2.05, 4.69) is 29.0 Å². The number of allylic oxidation sites excluding steroid dienone is 2. The number of rotatable bonds is 9. The Labute approximate surface area is 173 Å². The predicted molar refractivity (Wildman–Crippen MR) is 113 cm³/mol. The summed E-state index contributed by atoms with van der Waals surface area (Å²) in [7, 11) is 1.40. The highest BCUT2D eigenvalue weighted by Gasteiger charge is 2.41. The van der Waals surface area contributed by atoms with Gasteiger partial charge in [-0.05, 0) is 42.7 Å². The van der Waals surface area contributed by atoms with Gasteiger partial charge in [0.25, 0.3) is 0 Å². The molecule has 0 aromatic heterocycles. The monoisotopic (exact) mass is 408 g/mol. The van der Waals surface area contributed by atoms with Gasteiger partial charge >= 0.3 is 5.97 Å². The number of hydrogen-bond donors (Lipinski definition) is 2. The lowest BCUT2D eigenvalue weighted by atomic mass is 9.81. The number of esters is 1. The van der Waals surface area contributed by atoms with Crippen LogP contribution in [-0.4, -0.2) is 41.4 Å². The van der Waals surface area contributed by atoms with Crippen molar-refractivity contribution >= 4 is 17.6 Å². The van der Waals surface area contributed by atoms with E-state index < -0.39 is 6.10 Å². The fourth-order valence-corrected chi connectivity index (χ4v) is 4.35. The summed E-state index contributed by atoms with van der Waals surface area (Å²) in [6.07, 6.45) is 7.18. The van der Waals surface area contributed by atoms with Gasteiger partial charge in [0.1, 0.15) is 0 Å². The third kappa shape index (κ3) is 5.82. The van der Waals surface area contributed by atoms with Gasteiger partial charge < -0.3 is 14.9 Å². The SMILES string of the molecule is COC(=O)CCC/C=C\C[C@@H]1[C@@H](c2ccc(C(C)(C)CO)cc2)[C@H](O)C[C@H]1Cl. The van der Waals surface area contributed by atoms with Gasteiger partial charge in [-0.1, -0.05) is 50.3 Å². The number of ether oxygens (including phenoxy) is 1. The molecule has 1 saturated carbocycles. The molecule has 1 aliphatic rings. The average molecular weight is 409 g/mol. The van der Waals surface area contributed by atoms with Crippen molar-refractivity contribution in [3.05, 3.63) is 47.5 Å². The summed E-state index contributed by atoms with van der Waals surface area (Å²) in [5.41, 5.74) is 1.89. The van der Waals surface area contributed by atoms with E-state index in [9.17, 15) is 15.0 Å². The summed E-state index contributed by atoms with van der Waals surface area (Å²) >= 11 is 6.56. The lowest BCUT2D eigenvalue weighted by Gasteiger charge is -2.26. The number of halogens is 1. The molecule has 1 aromatic rings. The Kier molecular flexibility index (Phi) is 8.54. The van der Waals surface area contributed by atoms with Crippen LogP contribution in [0.4, 0.5) is 0 Å². The fraction of sp³-hybridized carbons (Fsp3) is 0.609. The lowest BCUT2D eigenvalue weighted by Crippen LogP contribution is -2.22. The van der Waals surface area contributed by atoms with E-state index in [1.54, 1.807) is 0 Å². The van der Waals surface area contributed by atoms with Crippen LogP contribution < -0.4 is 0 Å². The van der Waals surface area contributed by atoms with Crippen molar-refractivity contribution in [1.29, 1.82) is 0 Å². The second-order valence-corrected chi connectivity index (χ2v) is 8.91. The van der Waals surface area contributed by atoms with Crippen LogP contribution in [-0.2, 0) is 14.9 Å². The zero-order chi connectivity index (χ0) is 20.7. The summed E-state index contributed by atoms with van der Waals surface area (Å²) in [5, 5.41) is 20.1. The summed E-state index contributed by atoms with van der Waals surface area (Å²) < 4.78 is 4.64. The molecular formula is C23H33ClO4. The van der Waals surface area contributed by atoms with E-state index in [1.165, 1.54) is 7.11 Å². The van der Waals surface area contributed by atoms with Crippen LogP contribution in [0.5, 0.6) is 0 Å². The number of aliphatic hydroxyl groups excluding tert-OH is 2. The lowest BCUT2D eigenvalue weighted by molar-refractivity contribution is -0.140. The molecular weight excluding hydrogens is 376 g/mol. The first-order chi connectivity index (χ1) is 13.3. The van der Waals surface area contributed by atoms with Gasteiger partial charge in [-0.15, -0.1) is 11.6 Å². The van der Waals surface area contributed by atoms with E-state index >= 15 is 0 Å². The second kappa shape index (κ2) is 10.4. The van der Waals surface area contributed by atoms with E-state index in [4.69, 9.17) is 11.6 Å². The maximum atomic E-state index is 11.1. The number of alkyl halides is 1. The van der Waals surface area contributed by atoms with Crippen molar-refractivity contribution < 1.29 is 19.7 Å². The van der Waals surface area contributed by atoms with Crippen LogP contribution >= 0.6 is 11.6 Å². The largest absolute Gasteiger partial charge is 0.469 e. The average Bonchev–Trinajstić information content (AvgIpc) is 2.97. The van der Waals surface area contributed by atoms with E-state index in [0.717, 1.165) is 30.4 Å². The van der Waals surface area contributed by atoms with Gasteiger partial charge in [-0.3, -0.25) is 4.79 Å². The molecule has 4 nitrogen and oxygen atoms in total. The number of hydrogen-bond acceptors (Lipinski definition) is 4. The standard InChI is InChI=1S/C23H33ClO4/c1-23(2,15-25)17-12-10-16(11-13-17)22-18(19(24)14-20(22)26)8-6-4-5-7-9-21(27)28-3/h4,6,10-13,18-20,22,25-26H,5,7-9,14-15H2,1-3H3/b6-4-/t18-,19+,20+,22+/m0/s1. The van der Waals surface area contributed by atoms with Crippen molar-refractivity contribution in [2.24, 2.45) is 5.92 Å². The number of benzene rings is 1. The maximum absolute atomic E-state index is 11.1. The molecule has 0 bridgehead atoms. The van der Waals surface area contributed by atoms with Crippen LogP contribution in [0.15, 0.2) is 36.4 Å². The Morgan fingerprint density at radius 3 is 2.57 bits per heavy atom. The van der Waals surface area contributed by atoms with Crippen LogP contribution in [0.25, 0.3) is 0 Å². The number of methoxy groups -OCH3 is 1. The molecule has 0 spiro atoms. The van der Waals surface area contributed by atoms with Gasteiger partial charge in [0.2, 0.25) is 0 Å². The number of carbonyl (C=O) groups is 1. The van der Waals surface area contributed by atoms with Crippen molar-refractivity contribution in [2.75, 3.05) is 13.7 Å². The summed E-state index contributed by atoms with van der Waals surface area (Å²) in [5.74, 6) is -0.000224.